The van der Waals surface area contributed by atoms with Crippen LogP contribution in [-0.4, -0.2) is 218 Å². The molecule has 13 unspecified atom stereocenters. The van der Waals surface area contributed by atoms with Gasteiger partial charge < -0.3 is 89.1 Å². The van der Waals surface area contributed by atoms with Crippen LogP contribution in [-0.2, 0) is 76.7 Å². The van der Waals surface area contributed by atoms with Crippen LogP contribution in [0.15, 0.2) is 12.2 Å². The highest BCUT2D eigenvalue weighted by Crippen LogP contribution is 2.25. The van der Waals surface area contributed by atoms with E-state index in [1.54, 1.807) is 26.8 Å². The Hall–Kier alpha value is -8.78. The van der Waals surface area contributed by atoms with E-state index in [1.165, 1.54) is 22.8 Å². The highest BCUT2D eigenvalue weighted by Gasteiger charge is 2.46. The predicted molar refractivity (Wildman–Crippen MR) is 320 cm³/mol. The Kier molecular flexibility index (Phi) is 31.4. The SMILES string of the molecule is CCC(C)CCCCC/C=C/CC(=O)NC(CC(=O)O)C(=O)NC(C(=O)NC(CC(=O)O)C(=O)NCC(=O)NC(CC(=O)O)C(=O)NCC(=O)NC(C(=O)NC(C(=O)N1CCCC1C(=O)NC(C)C1NC(=O)C2CCCCN2C1=O)C(C)C)C(C)N)C(C)C(=O)O. The number of amides is 12. The monoisotopic (exact) mass is 1290 g/mol. The number of nitrogens with two attached hydrogens (primary N) is 1. The third kappa shape index (κ3) is 24.8. The van der Waals surface area contributed by atoms with E-state index in [0.29, 0.717) is 31.7 Å². The molecule has 91 heavy (non-hydrogen) atoms. The molecule has 0 aliphatic carbocycles. The van der Waals surface area contributed by atoms with Crippen molar-refractivity contribution in [3.63, 3.8) is 0 Å². The summed E-state index contributed by atoms with van der Waals surface area (Å²) in [5, 5.41) is 61.3. The van der Waals surface area contributed by atoms with Crippen molar-refractivity contribution in [2.75, 3.05) is 26.2 Å². The summed E-state index contributed by atoms with van der Waals surface area (Å²) in [7, 11) is 0. The molecule has 0 aromatic heterocycles. The van der Waals surface area contributed by atoms with Crippen LogP contribution in [0.4, 0.5) is 0 Å². The topological polar surface area (TPSA) is 507 Å². The fourth-order valence-electron chi connectivity index (χ4n) is 10.4. The molecule has 16 N–H and O–H groups in total. The molecule has 33 heteroatoms. The summed E-state index contributed by atoms with van der Waals surface area (Å²) in [5.74, 6) is -19.9. The van der Waals surface area contributed by atoms with Gasteiger partial charge in [0, 0.05) is 25.6 Å². The van der Waals surface area contributed by atoms with E-state index in [-0.39, 0.29) is 31.2 Å². The fraction of sp³-hybridized carbons (Fsp3) is 0.690. The highest BCUT2D eigenvalue weighted by atomic mass is 16.4. The summed E-state index contributed by atoms with van der Waals surface area (Å²) in [6.07, 6.45) is 8.09. The summed E-state index contributed by atoms with van der Waals surface area (Å²) < 4.78 is 0. The Morgan fingerprint density at radius 1 is 0.593 bits per heavy atom. The zero-order valence-corrected chi connectivity index (χ0v) is 52.5. The van der Waals surface area contributed by atoms with Crippen molar-refractivity contribution >= 4 is 94.8 Å². The quantitative estimate of drug-likeness (QED) is 0.0212. The molecule has 3 aliphatic rings. The molecule has 3 saturated heterocycles. The number of likely N-dealkylation sites (tertiary alicyclic amines) is 1. The molecule has 0 aromatic rings. The molecular formula is C58H91N13O20. The molecular weight excluding hydrogens is 1200 g/mol. The minimum Gasteiger partial charge on any atom is -0.481 e. The lowest BCUT2D eigenvalue weighted by Crippen LogP contribution is -2.69. The minimum absolute atomic E-state index is 0.127. The summed E-state index contributed by atoms with van der Waals surface area (Å²) >= 11 is 0. The molecule has 3 rings (SSSR count). The van der Waals surface area contributed by atoms with Crippen LogP contribution in [0.25, 0.3) is 0 Å². The van der Waals surface area contributed by atoms with Gasteiger partial charge in [0.05, 0.1) is 44.3 Å². The Balaban J connectivity index is 1.61. The second-order valence-corrected chi connectivity index (χ2v) is 23.6. The maximum Gasteiger partial charge on any atom is 0.308 e. The molecule has 0 spiro atoms. The number of allylic oxidation sites excluding steroid dienone is 1. The predicted octanol–water partition coefficient (Wildman–Crippen LogP) is -3.41. The number of piperidine rings is 1. The van der Waals surface area contributed by atoms with Crippen molar-refractivity contribution in [2.45, 2.75) is 211 Å². The van der Waals surface area contributed by atoms with E-state index in [2.05, 4.69) is 45.7 Å². The van der Waals surface area contributed by atoms with Crippen LogP contribution in [0.2, 0.25) is 0 Å². The average molecular weight is 1290 g/mol. The molecule has 13 atom stereocenters. The largest absolute Gasteiger partial charge is 0.481 e. The zero-order chi connectivity index (χ0) is 68.4. The number of carbonyl (C=O) groups excluding carboxylic acids is 12. The molecule has 0 radical (unpaired) electrons. The first-order chi connectivity index (χ1) is 42.8. The van der Waals surface area contributed by atoms with Crippen molar-refractivity contribution in [3.8, 4) is 0 Å². The first-order valence-electron chi connectivity index (χ1n) is 30.6. The van der Waals surface area contributed by atoms with E-state index in [1.807, 2.05) is 21.3 Å². The van der Waals surface area contributed by atoms with Gasteiger partial charge in [-0.3, -0.25) is 76.7 Å². The number of nitrogens with zero attached hydrogens (tertiary/aromatic N) is 2. The van der Waals surface area contributed by atoms with Gasteiger partial charge >= 0.3 is 23.9 Å². The van der Waals surface area contributed by atoms with Crippen molar-refractivity contribution in [1.82, 2.24) is 63.0 Å². The number of nitrogens with one attached hydrogen (secondary N) is 10. The average Bonchev–Trinajstić information content (AvgIpc) is 4.03. The lowest BCUT2D eigenvalue weighted by Gasteiger charge is -2.43. The number of carbonyl (C=O) groups is 16. The number of carboxylic acids is 4. The highest BCUT2D eigenvalue weighted by molar-refractivity contribution is 6.01. The van der Waals surface area contributed by atoms with Crippen LogP contribution in [0, 0.1) is 17.8 Å². The van der Waals surface area contributed by atoms with Crippen molar-refractivity contribution in [3.05, 3.63) is 12.2 Å². The molecule has 0 saturated carbocycles. The van der Waals surface area contributed by atoms with Gasteiger partial charge in [0.2, 0.25) is 70.9 Å². The number of carboxylic acid groups (broad SMARTS) is 4. The fourth-order valence-corrected chi connectivity index (χ4v) is 10.4. The van der Waals surface area contributed by atoms with E-state index >= 15 is 0 Å². The van der Waals surface area contributed by atoms with E-state index < -0.39 is 194 Å². The minimum atomic E-state index is -2.14. The van der Waals surface area contributed by atoms with E-state index in [0.717, 1.165) is 51.9 Å². The Morgan fingerprint density at radius 3 is 1.70 bits per heavy atom. The van der Waals surface area contributed by atoms with Crippen molar-refractivity contribution in [1.29, 1.82) is 0 Å². The van der Waals surface area contributed by atoms with E-state index in [9.17, 15) is 97.1 Å². The zero-order valence-electron chi connectivity index (χ0n) is 52.5. The smallest absolute Gasteiger partial charge is 0.308 e. The molecule has 508 valence electrons. The molecule has 3 heterocycles. The van der Waals surface area contributed by atoms with Gasteiger partial charge in [0.25, 0.3) is 0 Å². The number of aliphatic carboxylic acids is 4. The van der Waals surface area contributed by atoms with Gasteiger partial charge in [-0.25, -0.2) is 0 Å². The first-order valence-corrected chi connectivity index (χ1v) is 30.6. The van der Waals surface area contributed by atoms with Gasteiger partial charge in [-0.05, 0) is 77.6 Å². The number of unbranched alkanes of at least 4 members (excludes halogenated alkanes) is 3. The van der Waals surface area contributed by atoms with Gasteiger partial charge in [-0.15, -0.1) is 0 Å². The Morgan fingerprint density at radius 2 is 1.14 bits per heavy atom. The van der Waals surface area contributed by atoms with Crippen LogP contribution in [0.1, 0.15) is 145 Å². The molecule has 0 bridgehead atoms. The van der Waals surface area contributed by atoms with Crippen LogP contribution < -0.4 is 58.9 Å². The summed E-state index contributed by atoms with van der Waals surface area (Å²) in [4.78, 5) is 211. The van der Waals surface area contributed by atoms with Crippen LogP contribution in [0.3, 0.4) is 0 Å². The number of piperazine rings is 1. The molecule has 3 fully saturated rings. The van der Waals surface area contributed by atoms with Gasteiger partial charge in [-0.1, -0.05) is 65.5 Å². The maximum absolute atomic E-state index is 14.1. The number of hydrogen-bond acceptors (Lipinski definition) is 17. The molecule has 33 nitrogen and oxygen atoms in total. The third-order valence-electron chi connectivity index (χ3n) is 15.8. The second kappa shape index (κ2) is 37.4. The normalized spacial score (nSPS) is 19.6. The summed E-state index contributed by atoms with van der Waals surface area (Å²) in [5.41, 5.74) is 6.09. The van der Waals surface area contributed by atoms with Crippen molar-refractivity contribution in [2.24, 2.45) is 23.5 Å². The Bertz CT molecular complexity index is 2710. The second-order valence-electron chi connectivity index (χ2n) is 23.6. The standard InChI is InChI=1S/C58H91N13O20/c1-8-30(4)18-13-11-9-10-12-14-21-39(72)63-36(26-44(79)80)51(83)68-46(31(5)58(90)91)54(86)65-35(25-43(77)78)50(82)60-27-40(73)64-34(24-42(75)76)49(81)61-28-41(74)66-47(32(6)59)55(87)67-45(29(2)3)56(88)71-23-17-20-38(71)52(84)62-33(7)48-57(89)70-22-16-15-19-37(70)53(85)69-48/h12,14,29-38,45-48H,8-11,13,15-28,59H2,1-7H3,(H,60,82)(H,61,81)(H,62,84)(H,63,72)(H,64,73)(H,65,86)(H,66,74)(H,67,87)(H,68,83)(H,69,85)(H,75,76)(H,77,78)(H,79,80)(H,90,91)/b14-12+. The van der Waals surface area contributed by atoms with Crippen LogP contribution >= 0.6 is 0 Å². The Labute approximate surface area is 526 Å². The number of rotatable bonds is 38. The molecule has 0 aromatic carbocycles. The lowest BCUT2D eigenvalue weighted by molar-refractivity contribution is -0.152. The number of hydrogen-bond donors (Lipinski definition) is 15. The summed E-state index contributed by atoms with van der Waals surface area (Å²) in [6, 6.07) is -15.5. The van der Waals surface area contributed by atoms with Crippen molar-refractivity contribution < 1.29 is 97.1 Å². The van der Waals surface area contributed by atoms with Crippen LogP contribution in [0.5, 0.6) is 0 Å². The van der Waals surface area contributed by atoms with Gasteiger partial charge in [0.1, 0.15) is 54.4 Å². The van der Waals surface area contributed by atoms with Gasteiger partial charge in [0.15, 0.2) is 0 Å². The van der Waals surface area contributed by atoms with E-state index in [4.69, 9.17) is 5.73 Å². The maximum atomic E-state index is 14.1. The molecule has 12 amide bonds. The summed E-state index contributed by atoms with van der Waals surface area (Å²) in [6.45, 7) is 9.84. The number of fused-ring (bicyclic) bond motifs is 1. The molecule has 3 aliphatic heterocycles. The lowest BCUT2D eigenvalue weighted by atomic mass is 9.94. The first kappa shape index (κ1) is 76.5. The third-order valence-corrected chi connectivity index (χ3v) is 15.8. The van der Waals surface area contributed by atoms with Gasteiger partial charge in [-0.2, -0.15) is 0 Å².